The summed E-state index contributed by atoms with van der Waals surface area (Å²) in [5.41, 5.74) is -1.75. The Bertz CT molecular complexity index is 520. The molecule has 1 amide bonds. The first-order valence-electron chi connectivity index (χ1n) is 5.50. The van der Waals surface area contributed by atoms with Gasteiger partial charge in [0.25, 0.3) is 5.69 Å². The van der Waals surface area contributed by atoms with Crippen molar-refractivity contribution >= 4 is 23.4 Å². The number of halogens is 3. The van der Waals surface area contributed by atoms with Crippen LogP contribution in [-0.2, 0) is 11.0 Å². The van der Waals surface area contributed by atoms with Gasteiger partial charge in [-0.3, -0.25) is 14.9 Å². The van der Waals surface area contributed by atoms with Gasteiger partial charge in [-0.05, 0) is 19.1 Å². The maximum atomic E-state index is 12.5. The fourth-order valence-electron chi connectivity index (χ4n) is 1.35. The molecule has 0 heterocycles. The summed E-state index contributed by atoms with van der Waals surface area (Å²) in [6.45, 7) is 2.12. The second-order valence-electron chi connectivity index (χ2n) is 3.68. The molecular formula is C11H11F3N2O3S. The molecule has 20 heavy (non-hydrogen) atoms. The molecule has 0 saturated heterocycles. The molecule has 1 aromatic rings. The van der Waals surface area contributed by atoms with E-state index in [4.69, 9.17) is 0 Å². The summed E-state index contributed by atoms with van der Waals surface area (Å²) in [6.07, 6.45) is -4.65. The number of benzene rings is 1. The van der Waals surface area contributed by atoms with Crippen molar-refractivity contribution < 1.29 is 22.9 Å². The average molecular weight is 308 g/mol. The number of thioether (sulfide) groups is 1. The summed E-state index contributed by atoms with van der Waals surface area (Å²) in [4.78, 5) is 21.2. The third kappa shape index (κ3) is 4.41. The van der Waals surface area contributed by atoms with Crippen LogP contribution in [0.3, 0.4) is 0 Å². The van der Waals surface area contributed by atoms with Crippen molar-refractivity contribution in [3.63, 3.8) is 0 Å². The lowest BCUT2D eigenvalue weighted by Gasteiger charge is -2.08. The van der Waals surface area contributed by atoms with Gasteiger partial charge in [-0.25, -0.2) is 0 Å². The van der Waals surface area contributed by atoms with Crippen LogP contribution in [-0.4, -0.2) is 23.1 Å². The highest BCUT2D eigenvalue weighted by Gasteiger charge is 2.33. The first-order chi connectivity index (χ1) is 9.25. The normalized spacial score (nSPS) is 11.2. The summed E-state index contributed by atoms with van der Waals surface area (Å²) in [5, 5.41) is 13.3. The van der Waals surface area contributed by atoms with E-state index in [1.54, 1.807) is 6.92 Å². The lowest BCUT2D eigenvalue weighted by Crippen LogP contribution is -2.24. The molecule has 0 aromatic heterocycles. The zero-order valence-electron chi connectivity index (χ0n) is 10.4. The number of nitro benzene ring substituents is 1. The zero-order valence-corrected chi connectivity index (χ0v) is 11.2. The van der Waals surface area contributed by atoms with Crippen molar-refractivity contribution in [2.75, 3.05) is 12.3 Å². The first kappa shape index (κ1) is 16.3. The summed E-state index contributed by atoms with van der Waals surface area (Å²) in [7, 11) is 0. The molecule has 0 aliphatic heterocycles. The van der Waals surface area contributed by atoms with E-state index < -0.39 is 22.4 Å². The number of carbonyl (C=O) groups is 1. The van der Waals surface area contributed by atoms with Crippen LogP contribution in [0.1, 0.15) is 12.5 Å². The Morgan fingerprint density at radius 3 is 2.60 bits per heavy atom. The highest BCUT2D eigenvalue weighted by molar-refractivity contribution is 8.00. The van der Waals surface area contributed by atoms with Crippen molar-refractivity contribution in [1.82, 2.24) is 5.32 Å². The average Bonchev–Trinajstić information content (AvgIpc) is 2.35. The maximum absolute atomic E-state index is 12.5. The molecule has 0 aliphatic carbocycles. The standard InChI is InChI=1S/C11H11F3N2O3S/c1-2-15-10(17)6-20-9-4-3-7(11(12,13)14)5-8(9)16(18)19/h3-5H,2,6H2,1H3,(H,15,17). The highest BCUT2D eigenvalue weighted by atomic mass is 32.2. The fourth-order valence-corrected chi connectivity index (χ4v) is 2.18. The zero-order chi connectivity index (χ0) is 15.3. The van der Waals surface area contributed by atoms with E-state index in [0.717, 1.165) is 23.9 Å². The quantitative estimate of drug-likeness (QED) is 0.516. The number of nitro groups is 1. The highest BCUT2D eigenvalue weighted by Crippen LogP contribution is 2.36. The topological polar surface area (TPSA) is 72.2 Å². The molecule has 0 saturated carbocycles. The van der Waals surface area contributed by atoms with Crippen molar-refractivity contribution in [3.8, 4) is 0 Å². The van der Waals surface area contributed by atoms with Crippen molar-refractivity contribution in [2.24, 2.45) is 0 Å². The summed E-state index contributed by atoms with van der Waals surface area (Å²) in [6, 6.07) is 2.23. The van der Waals surface area contributed by atoms with Gasteiger partial charge in [-0.1, -0.05) is 0 Å². The molecule has 0 fully saturated rings. The van der Waals surface area contributed by atoms with Gasteiger partial charge in [0.05, 0.1) is 21.1 Å². The Labute approximate surface area is 116 Å². The maximum Gasteiger partial charge on any atom is 0.416 e. The van der Waals surface area contributed by atoms with Crippen molar-refractivity contribution in [2.45, 2.75) is 18.0 Å². The molecule has 0 bridgehead atoms. The van der Waals surface area contributed by atoms with E-state index in [1.165, 1.54) is 0 Å². The number of rotatable bonds is 5. The number of alkyl halides is 3. The van der Waals surface area contributed by atoms with Crippen LogP contribution in [0.2, 0.25) is 0 Å². The molecule has 5 nitrogen and oxygen atoms in total. The van der Waals surface area contributed by atoms with Crippen molar-refractivity contribution in [1.29, 1.82) is 0 Å². The molecule has 0 atom stereocenters. The van der Waals surface area contributed by atoms with Crippen LogP contribution in [0.5, 0.6) is 0 Å². The molecule has 0 aliphatic rings. The van der Waals surface area contributed by atoms with Gasteiger partial charge in [0.2, 0.25) is 5.91 Å². The number of amides is 1. The van der Waals surface area contributed by atoms with Gasteiger partial charge >= 0.3 is 6.18 Å². The van der Waals surface area contributed by atoms with Crippen molar-refractivity contribution in [3.05, 3.63) is 33.9 Å². The number of nitrogens with one attached hydrogen (secondary N) is 1. The number of carbonyl (C=O) groups excluding carboxylic acids is 1. The SMILES string of the molecule is CCNC(=O)CSc1ccc(C(F)(F)F)cc1[N+](=O)[O-]. The number of hydrogen-bond donors (Lipinski definition) is 1. The molecule has 0 spiro atoms. The number of nitrogens with zero attached hydrogens (tertiary/aromatic N) is 1. The van der Waals surface area contributed by atoms with Crippen LogP contribution < -0.4 is 5.32 Å². The minimum atomic E-state index is -4.65. The predicted molar refractivity (Wildman–Crippen MR) is 67.5 cm³/mol. The summed E-state index contributed by atoms with van der Waals surface area (Å²) in [5.74, 6) is -0.438. The molecular weight excluding hydrogens is 297 g/mol. The lowest BCUT2D eigenvalue weighted by atomic mass is 10.2. The van der Waals surface area contributed by atoms with Gasteiger partial charge in [0, 0.05) is 12.6 Å². The Morgan fingerprint density at radius 1 is 1.45 bits per heavy atom. The second kappa shape index (κ2) is 6.60. The molecule has 1 aromatic carbocycles. The minimum Gasteiger partial charge on any atom is -0.356 e. The first-order valence-corrected chi connectivity index (χ1v) is 6.49. The van der Waals surface area contributed by atoms with E-state index in [9.17, 15) is 28.1 Å². The van der Waals surface area contributed by atoms with Crippen LogP contribution in [0, 0.1) is 10.1 Å². The van der Waals surface area contributed by atoms with Crippen LogP contribution >= 0.6 is 11.8 Å². The third-order valence-electron chi connectivity index (χ3n) is 2.22. The predicted octanol–water partition coefficient (Wildman–Crippen LogP) is 2.84. The molecule has 1 rings (SSSR count). The Hall–Kier alpha value is -1.77. The molecule has 110 valence electrons. The monoisotopic (exact) mass is 308 g/mol. The molecule has 0 radical (unpaired) electrons. The molecule has 1 N–H and O–H groups in total. The van der Waals surface area contributed by atoms with Crippen LogP contribution in [0.4, 0.5) is 18.9 Å². The van der Waals surface area contributed by atoms with Gasteiger partial charge < -0.3 is 5.32 Å². The van der Waals surface area contributed by atoms with E-state index in [-0.39, 0.29) is 16.6 Å². The van der Waals surface area contributed by atoms with Gasteiger partial charge in [0.1, 0.15) is 0 Å². The summed E-state index contributed by atoms with van der Waals surface area (Å²) >= 11 is 0.822. The number of hydrogen-bond acceptors (Lipinski definition) is 4. The van der Waals surface area contributed by atoms with E-state index in [0.29, 0.717) is 12.6 Å². The Kier molecular flexibility index (Phi) is 5.37. The molecule has 9 heteroatoms. The lowest BCUT2D eigenvalue weighted by molar-refractivity contribution is -0.388. The van der Waals surface area contributed by atoms with Gasteiger partial charge in [0.15, 0.2) is 0 Å². The van der Waals surface area contributed by atoms with Crippen LogP contribution in [0.15, 0.2) is 23.1 Å². The smallest absolute Gasteiger partial charge is 0.356 e. The van der Waals surface area contributed by atoms with Gasteiger partial charge in [-0.2, -0.15) is 13.2 Å². The minimum absolute atomic E-state index is 0.0225. The Morgan fingerprint density at radius 2 is 2.10 bits per heavy atom. The largest absolute Gasteiger partial charge is 0.416 e. The third-order valence-corrected chi connectivity index (χ3v) is 3.28. The molecule has 0 unspecified atom stereocenters. The van der Waals surface area contributed by atoms with E-state index >= 15 is 0 Å². The second-order valence-corrected chi connectivity index (χ2v) is 4.70. The Balaban J connectivity index is 2.97. The van der Waals surface area contributed by atoms with Gasteiger partial charge in [-0.15, -0.1) is 11.8 Å². The van der Waals surface area contributed by atoms with Crippen LogP contribution in [0.25, 0.3) is 0 Å². The fraction of sp³-hybridized carbons (Fsp3) is 0.364. The van der Waals surface area contributed by atoms with E-state index in [2.05, 4.69) is 5.32 Å². The van der Waals surface area contributed by atoms with E-state index in [1.807, 2.05) is 0 Å². The summed E-state index contributed by atoms with van der Waals surface area (Å²) < 4.78 is 37.5.